The van der Waals surface area contributed by atoms with E-state index in [1.54, 1.807) is 25.3 Å². The molecule has 166 valence electrons. The van der Waals surface area contributed by atoms with Crippen molar-refractivity contribution in [1.29, 1.82) is 0 Å². The number of fused-ring (bicyclic) bond motifs is 1. The van der Waals surface area contributed by atoms with Gasteiger partial charge in [0.15, 0.2) is 0 Å². The second kappa shape index (κ2) is 7.97. The molecule has 12 heteroatoms. The van der Waals surface area contributed by atoms with Gasteiger partial charge < -0.3 is 10.2 Å². The van der Waals surface area contributed by atoms with E-state index in [1.165, 1.54) is 17.1 Å². The topological polar surface area (TPSA) is 121 Å². The van der Waals surface area contributed by atoms with Crippen LogP contribution < -0.4 is 5.73 Å². The predicted octanol–water partition coefficient (Wildman–Crippen LogP) is 3.95. The van der Waals surface area contributed by atoms with Gasteiger partial charge in [-0.15, -0.1) is 15.3 Å². The van der Waals surface area contributed by atoms with Gasteiger partial charge in [-0.2, -0.15) is 8.78 Å². The van der Waals surface area contributed by atoms with Gasteiger partial charge in [0.25, 0.3) is 5.89 Å². The summed E-state index contributed by atoms with van der Waals surface area (Å²) in [6, 6.07) is 8.21. The lowest BCUT2D eigenvalue weighted by atomic mass is 10.0. The summed E-state index contributed by atoms with van der Waals surface area (Å²) in [4.78, 5) is 8.18. The largest absolute Gasteiger partial charge is 0.415 e. The molecule has 9 nitrogen and oxygen atoms in total. The maximum atomic E-state index is 14.8. The molecular formula is C21H15F3N8O. The van der Waals surface area contributed by atoms with Crippen LogP contribution in [0.25, 0.3) is 33.6 Å². The number of hydrogen-bond acceptors (Lipinski definition) is 8. The lowest BCUT2D eigenvalue weighted by molar-refractivity contribution is 0.116. The third-order valence-electron chi connectivity index (χ3n) is 5.09. The van der Waals surface area contributed by atoms with Gasteiger partial charge in [0.05, 0.1) is 18.3 Å². The van der Waals surface area contributed by atoms with E-state index in [1.807, 2.05) is 12.1 Å². The lowest BCUT2D eigenvalue weighted by Crippen LogP contribution is -2.04. The van der Waals surface area contributed by atoms with Crippen LogP contribution in [0.15, 0.2) is 47.3 Å². The first-order chi connectivity index (χ1) is 15.9. The Labute approximate surface area is 184 Å². The fraction of sp³-hybridized carbons (Fsp3) is 0.143. The lowest BCUT2D eigenvalue weighted by Gasteiger charge is -2.08. The Hall–Kier alpha value is -4.35. The van der Waals surface area contributed by atoms with Crippen LogP contribution in [-0.4, -0.2) is 35.2 Å². The summed E-state index contributed by atoms with van der Waals surface area (Å²) in [6.45, 7) is 1.80. The standard InChI is InChI=1S/C21H15F3N8O/c1-10-4-12(15(22)6-14(10)20-29-30-21(33-20)18(23)24)7-32-8-17(28-31-32)11-2-3-13-16(5-11)26-9-27-19(13)25/h2-6,8-9,18H,7H2,1H3,(H2,25,26,27). The highest BCUT2D eigenvalue weighted by Crippen LogP contribution is 2.28. The number of anilines is 1. The van der Waals surface area contributed by atoms with Gasteiger partial charge in [0, 0.05) is 22.1 Å². The van der Waals surface area contributed by atoms with E-state index >= 15 is 0 Å². The minimum absolute atomic E-state index is 0.106. The number of nitrogens with two attached hydrogens (primary N) is 1. The highest BCUT2D eigenvalue weighted by Gasteiger charge is 2.19. The molecule has 0 bridgehead atoms. The van der Waals surface area contributed by atoms with E-state index in [4.69, 9.17) is 10.2 Å². The van der Waals surface area contributed by atoms with Crippen molar-refractivity contribution < 1.29 is 17.6 Å². The summed E-state index contributed by atoms with van der Waals surface area (Å²) in [5.74, 6) is -1.17. The molecule has 0 saturated carbocycles. The molecule has 0 aliphatic heterocycles. The fourth-order valence-corrected chi connectivity index (χ4v) is 3.44. The summed E-state index contributed by atoms with van der Waals surface area (Å²) in [7, 11) is 0. The maximum absolute atomic E-state index is 14.8. The van der Waals surface area contributed by atoms with Crippen molar-refractivity contribution in [1.82, 2.24) is 35.2 Å². The van der Waals surface area contributed by atoms with Crippen molar-refractivity contribution in [3.8, 4) is 22.7 Å². The molecule has 0 aliphatic carbocycles. The van der Waals surface area contributed by atoms with Gasteiger partial charge in [-0.05, 0) is 30.7 Å². The molecule has 33 heavy (non-hydrogen) atoms. The van der Waals surface area contributed by atoms with Gasteiger partial charge in [-0.1, -0.05) is 17.3 Å². The number of hydrogen-bond donors (Lipinski definition) is 1. The Morgan fingerprint density at radius 1 is 1.09 bits per heavy atom. The molecule has 0 spiro atoms. The van der Waals surface area contributed by atoms with Gasteiger partial charge in [0.1, 0.15) is 23.7 Å². The quantitative estimate of drug-likeness (QED) is 0.425. The zero-order valence-electron chi connectivity index (χ0n) is 17.1. The summed E-state index contributed by atoms with van der Waals surface area (Å²) in [6.07, 6.45) is 0.168. The smallest absolute Gasteiger partial charge is 0.314 e. The SMILES string of the molecule is Cc1cc(Cn2cc(-c3ccc4c(N)ncnc4c3)nn2)c(F)cc1-c1nnc(C(F)F)o1. The van der Waals surface area contributed by atoms with Crippen molar-refractivity contribution in [3.63, 3.8) is 0 Å². The molecule has 0 unspecified atom stereocenters. The fourth-order valence-electron chi connectivity index (χ4n) is 3.44. The molecule has 0 saturated heterocycles. The Kier molecular flexibility index (Phi) is 4.96. The number of rotatable bonds is 5. The van der Waals surface area contributed by atoms with Crippen molar-refractivity contribution in [2.24, 2.45) is 0 Å². The number of nitrogens with zero attached hydrogens (tertiary/aromatic N) is 7. The Balaban J connectivity index is 1.40. The average molecular weight is 452 g/mol. The number of nitrogen functional groups attached to an aromatic ring is 1. The summed E-state index contributed by atoms with van der Waals surface area (Å²) in [5.41, 5.74) is 9.04. The normalized spacial score (nSPS) is 11.5. The van der Waals surface area contributed by atoms with Gasteiger partial charge in [-0.3, -0.25) is 0 Å². The Morgan fingerprint density at radius 2 is 1.94 bits per heavy atom. The summed E-state index contributed by atoms with van der Waals surface area (Å²) < 4.78 is 46.6. The van der Waals surface area contributed by atoms with Crippen molar-refractivity contribution in [2.75, 3.05) is 5.73 Å². The highest BCUT2D eigenvalue weighted by atomic mass is 19.3. The highest BCUT2D eigenvalue weighted by molar-refractivity contribution is 5.90. The van der Waals surface area contributed by atoms with Crippen LogP contribution in [0.4, 0.5) is 19.0 Å². The Bertz CT molecular complexity index is 1480. The number of aryl methyl sites for hydroxylation is 1. The second-order valence-electron chi connectivity index (χ2n) is 7.30. The first-order valence-corrected chi connectivity index (χ1v) is 9.70. The molecular weight excluding hydrogens is 437 g/mol. The van der Waals surface area contributed by atoms with Gasteiger partial charge in [0.2, 0.25) is 5.89 Å². The number of aromatic nitrogens is 7. The molecule has 0 radical (unpaired) electrons. The minimum Gasteiger partial charge on any atom is -0.415 e. The maximum Gasteiger partial charge on any atom is 0.314 e. The van der Waals surface area contributed by atoms with E-state index in [0.717, 1.165) is 10.9 Å². The molecule has 0 amide bonds. The third-order valence-corrected chi connectivity index (χ3v) is 5.09. The zero-order chi connectivity index (χ0) is 23.1. The molecule has 0 aliphatic rings. The average Bonchev–Trinajstić information content (AvgIpc) is 3.46. The number of halogens is 3. The molecule has 2 aromatic carbocycles. The summed E-state index contributed by atoms with van der Waals surface area (Å²) >= 11 is 0. The third kappa shape index (κ3) is 3.86. The zero-order valence-corrected chi connectivity index (χ0v) is 17.1. The van der Waals surface area contributed by atoms with Crippen LogP contribution in [-0.2, 0) is 6.54 Å². The van der Waals surface area contributed by atoms with Crippen molar-refractivity contribution in [3.05, 3.63) is 65.7 Å². The number of alkyl halides is 2. The van der Waals surface area contributed by atoms with E-state index in [9.17, 15) is 13.2 Å². The molecule has 2 N–H and O–H groups in total. The first-order valence-electron chi connectivity index (χ1n) is 9.70. The molecule has 3 aromatic heterocycles. The van der Waals surface area contributed by atoms with Crippen LogP contribution in [0.1, 0.15) is 23.4 Å². The molecule has 0 fully saturated rings. The first kappa shape index (κ1) is 20.5. The van der Waals surface area contributed by atoms with Gasteiger partial charge >= 0.3 is 6.43 Å². The molecule has 3 heterocycles. The monoisotopic (exact) mass is 452 g/mol. The van der Waals surface area contributed by atoms with Crippen LogP contribution in [0.3, 0.4) is 0 Å². The van der Waals surface area contributed by atoms with Crippen LogP contribution in [0, 0.1) is 12.7 Å². The molecule has 5 aromatic rings. The minimum atomic E-state index is -2.90. The van der Waals surface area contributed by atoms with E-state index in [0.29, 0.717) is 28.2 Å². The van der Waals surface area contributed by atoms with Crippen molar-refractivity contribution >= 4 is 16.7 Å². The Morgan fingerprint density at radius 3 is 2.73 bits per heavy atom. The molecule has 5 rings (SSSR count). The molecule has 0 atom stereocenters. The summed E-state index contributed by atoms with van der Waals surface area (Å²) in [5, 5.41) is 15.8. The van der Waals surface area contributed by atoms with E-state index < -0.39 is 18.1 Å². The van der Waals surface area contributed by atoms with Gasteiger partial charge in [-0.25, -0.2) is 19.0 Å². The van der Waals surface area contributed by atoms with E-state index in [-0.39, 0.29) is 18.0 Å². The van der Waals surface area contributed by atoms with Crippen LogP contribution in [0.5, 0.6) is 0 Å². The number of benzene rings is 2. The second-order valence-corrected chi connectivity index (χ2v) is 7.30. The van der Waals surface area contributed by atoms with Crippen LogP contribution >= 0.6 is 0 Å². The van der Waals surface area contributed by atoms with Crippen molar-refractivity contribution in [2.45, 2.75) is 19.9 Å². The van der Waals surface area contributed by atoms with Crippen LogP contribution in [0.2, 0.25) is 0 Å². The predicted molar refractivity (Wildman–Crippen MR) is 111 cm³/mol. The van der Waals surface area contributed by atoms with E-state index in [2.05, 4.69) is 30.5 Å².